The number of carbonyl (C=O) groups excluding carboxylic acids is 1. The average molecular weight is 266 g/mol. The minimum absolute atomic E-state index is 0.334. The van der Waals surface area contributed by atoms with Crippen molar-refractivity contribution >= 4 is 16.9 Å². The minimum Gasteiger partial charge on any atom is -0.465 e. The van der Waals surface area contributed by atoms with Crippen molar-refractivity contribution in [3.63, 3.8) is 0 Å². The number of methoxy groups -OCH3 is 1. The molecule has 0 bridgehead atoms. The zero-order valence-electron chi connectivity index (χ0n) is 11.1. The van der Waals surface area contributed by atoms with Gasteiger partial charge < -0.3 is 4.74 Å². The molecule has 2 aromatic carbocycles. The Morgan fingerprint density at radius 3 is 2.75 bits per heavy atom. The highest BCUT2D eigenvalue weighted by Gasteiger charge is 2.09. The van der Waals surface area contributed by atoms with Crippen molar-refractivity contribution in [3.8, 4) is 0 Å². The van der Waals surface area contributed by atoms with E-state index in [-0.39, 0.29) is 5.97 Å². The van der Waals surface area contributed by atoms with E-state index in [4.69, 9.17) is 4.74 Å². The Morgan fingerprint density at radius 1 is 1.20 bits per heavy atom. The molecule has 3 rings (SSSR count). The van der Waals surface area contributed by atoms with E-state index >= 15 is 0 Å². The van der Waals surface area contributed by atoms with Crippen molar-refractivity contribution in [2.24, 2.45) is 0 Å². The van der Waals surface area contributed by atoms with Crippen molar-refractivity contribution < 1.29 is 9.53 Å². The second-order valence-corrected chi connectivity index (χ2v) is 4.55. The summed E-state index contributed by atoms with van der Waals surface area (Å²) in [5.74, 6) is -0.334. The molecule has 0 N–H and O–H groups in total. The van der Waals surface area contributed by atoms with Crippen LogP contribution in [0.15, 0.2) is 54.7 Å². The molecule has 4 nitrogen and oxygen atoms in total. The van der Waals surface area contributed by atoms with Crippen LogP contribution in [0.3, 0.4) is 0 Å². The van der Waals surface area contributed by atoms with Gasteiger partial charge in [0.15, 0.2) is 0 Å². The van der Waals surface area contributed by atoms with Gasteiger partial charge in [0.2, 0.25) is 0 Å². The van der Waals surface area contributed by atoms with Gasteiger partial charge in [-0.2, -0.15) is 5.10 Å². The molecule has 0 aliphatic heterocycles. The first-order chi connectivity index (χ1) is 9.78. The second kappa shape index (κ2) is 5.17. The standard InChI is InChI=1S/C16H14N2O2/c1-20-16(19)13-7-8-14-10-17-18(15(14)9-13)11-12-5-3-2-4-6-12/h2-10H,11H2,1H3. The van der Waals surface area contributed by atoms with E-state index in [9.17, 15) is 4.79 Å². The summed E-state index contributed by atoms with van der Waals surface area (Å²) in [7, 11) is 1.38. The van der Waals surface area contributed by atoms with Gasteiger partial charge in [0.05, 0.1) is 30.9 Å². The Balaban J connectivity index is 2.01. The number of hydrogen-bond acceptors (Lipinski definition) is 3. The molecule has 3 aromatic rings. The molecule has 4 heteroatoms. The molecule has 0 saturated heterocycles. The van der Waals surface area contributed by atoms with Crippen LogP contribution < -0.4 is 0 Å². The molecule has 0 fully saturated rings. The molecule has 100 valence electrons. The number of ether oxygens (including phenoxy) is 1. The molecule has 0 saturated carbocycles. The third kappa shape index (κ3) is 2.28. The first kappa shape index (κ1) is 12.4. The van der Waals surface area contributed by atoms with Crippen molar-refractivity contribution in [1.29, 1.82) is 0 Å². The lowest BCUT2D eigenvalue weighted by Gasteiger charge is -2.05. The largest absolute Gasteiger partial charge is 0.465 e. The van der Waals surface area contributed by atoms with Crippen molar-refractivity contribution in [1.82, 2.24) is 9.78 Å². The first-order valence-corrected chi connectivity index (χ1v) is 6.36. The van der Waals surface area contributed by atoms with Gasteiger partial charge in [-0.15, -0.1) is 0 Å². The predicted molar refractivity (Wildman–Crippen MR) is 76.6 cm³/mol. The van der Waals surface area contributed by atoms with Crippen LogP contribution in [0.25, 0.3) is 10.9 Å². The van der Waals surface area contributed by atoms with E-state index in [1.807, 2.05) is 35.0 Å². The van der Waals surface area contributed by atoms with Crippen molar-refractivity contribution in [3.05, 3.63) is 65.9 Å². The fraction of sp³-hybridized carbons (Fsp3) is 0.125. The maximum atomic E-state index is 11.6. The van der Waals surface area contributed by atoms with Gasteiger partial charge in [-0.1, -0.05) is 36.4 Å². The summed E-state index contributed by atoms with van der Waals surface area (Å²) in [5, 5.41) is 5.39. The Kier molecular flexibility index (Phi) is 3.21. The molecule has 0 aliphatic carbocycles. The molecule has 1 aromatic heterocycles. The van der Waals surface area contributed by atoms with Crippen LogP contribution in [0.2, 0.25) is 0 Å². The molecule has 0 spiro atoms. The van der Waals surface area contributed by atoms with Crippen LogP contribution >= 0.6 is 0 Å². The lowest BCUT2D eigenvalue weighted by atomic mass is 10.1. The van der Waals surface area contributed by atoms with Crippen LogP contribution in [0.5, 0.6) is 0 Å². The second-order valence-electron chi connectivity index (χ2n) is 4.55. The summed E-state index contributed by atoms with van der Waals surface area (Å²) < 4.78 is 6.64. The maximum absolute atomic E-state index is 11.6. The number of aromatic nitrogens is 2. The van der Waals surface area contributed by atoms with Gasteiger partial charge in [-0.05, 0) is 17.7 Å². The number of rotatable bonds is 3. The van der Waals surface area contributed by atoms with E-state index in [0.29, 0.717) is 12.1 Å². The fourth-order valence-corrected chi connectivity index (χ4v) is 2.20. The normalized spacial score (nSPS) is 10.7. The Hall–Kier alpha value is -2.62. The van der Waals surface area contributed by atoms with Gasteiger partial charge in [0.1, 0.15) is 0 Å². The highest BCUT2D eigenvalue weighted by molar-refractivity contribution is 5.94. The summed E-state index contributed by atoms with van der Waals surface area (Å²) >= 11 is 0. The molecule has 0 aliphatic rings. The molecule has 0 amide bonds. The van der Waals surface area contributed by atoms with E-state index < -0.39 is 0 Å². The van der Waals surface area contributed by atoms with Gasteiger partial charge in [0.25, 0.3) is 0 Å². The summed E-state index contributed by atoms with van der Waals surface area (Å²) in [6.45, 7) is 0.676. The topological polar surface area (TPSA) is 44.1 Å². The molecule has 0 atom stereocenters. The van der Waals surface area contributed by atoms with E-state index in [1.54, 1.807) is 12.3 Å². The van der Waals surface area contributed by atoms with Crippen LogP contribution in [0.4, 0.5) is 0 Å². The van der Waals surface area contributed by atoms with E-state index in [1.165, 1.54) is 12.7 Å². The number of carbonyl (C=O) groups is 1. The predicted octanol–water partition coefficient (Wildman–Crippen LogP) is 2.87. The van der Waals surface area contributed by atoms with E-state index in [0.717, 1.165) is 10.9 Å². The fourth-order valence-electron chi connectivity index (χ4n) is 2.20. The van der Waals surface area contributed by atoms with Gasteiger partial charge in [0, 0.05) is 5.39 Å². The summed E-state index contributed by atoms with van der Waals surface area (Å²) in [5.41, 5.74) is 2.63. The average Bonchev–Trinajstić information content (AvgIpc) is 2.90. The third-order valence-corrected chi connectivity index (χ3v) is 3.24. The molecule has 0 radical (unpaired) electrons. The highest BCUT2D eigenvalue weighted by atomic mass is 16.5. The molecule has 0 unspecified atom stereocenters. The van der Waals surface area contributed by atoms with Crippen molar-refractivity contribution in [2.45, 2.75) is 6.54 Å². The number of nitrogens with zero attached hydrogens (tertiary/aromatic N) is 2. The summed E-state index contributed by atoms with van der Waals surface area (Å²) in [6, 6.07) is 15.5. The quantitative estimate of drug-likeness (QED) is 0.685. The van der Waals surface area contributed by atoms with E-state index in [2.05, 4.69) is 17.2 Å². The van der Waals surface area contributed by atoms with Gasteiger partial charge >= 0.3 is 5.97 Å². The number of esters is 1. The van der Waals surface area contributed by atoms with Crippen LogP contribution in [-0.4, -0.2) is 22.9 Å². The Morgan fingerprint density at radius 2 is 2.00 bits per heavy atom. The monoisotopic (exact) mass is 266 g/mol. The van der Waals surface area contributed by atoms with Crippen molar-refractivity contribution in [2.75, 3.05) is 7.11 Å². The Labute approximate surface area is 116 Å². The van der Waals surface area contributed by atoms with Gasteiger partial charge in [-0.3, -0.25) is 4.68 Å². The number of benzene rings is 2. The van der Waals surface area contributed by atoms with Crippen LogP contribution in [-0.2, 0) is 11.3 Å². The Bertz CT molecular complexity index is 748. The number of fused-ring (bicyclic) bond motifs is 1. The smallest absolute Gasteiger partial charge is 0.337 e. The molecular formula is C16H14N2O2. The van der Waals surface area contributed by atoms with Crippen LogP contribution in [0.1, 0.15) is 15.9 Å². The summed E-state index contributed by atoms with van der Waals surface area (Å²) in [4.78, 5) is 11.6. The van der Waals surface area contributed by atoms with Crippen LogP contribution in [0, 0.1) is 0 Å². The zero-order chi connectivity index (χ0) is 13.9. The third-order valence-electron chi connectivity index (χ3n) is 3.24. The zero-order valence-corrected chi connectivity index (χ0v) is 11.1. The lowest BCUT2D eigenvalue weighted by Crippen LogP contribution is -2.04. The number of hydrogen-bond donors (Lipinski definition) is 0. The molecule has 1 heterocycles. The highest BCUT2D eigenvalue weighted by Crippen LogP contribution is 2.17. The lowest BCUT2D eigenvalue weighted by molar-refractivity contribution is 0.0601. The van der Waals surface area contributed by atoms with Gasteiger partial charge in [-0.25, -0.2) is 4.79 Å². The SMILES string of the molecule is COC(=O)c1ccc2cnn(Cc3ccccc3)c2c1. The summed E-state index contributed by atoms with van der Waals surface area (Å²) in [6.07, 6.45) is 1.80. The molecular weight excluding hydrogens is 252 g/mol. The molecule has 20 heavy (non-hydrogen) atoms. The maximum Gasteiger partial charge on any atom is 0.337 e. The first-order valence-electron chi connectivity index (χ1n) is 6.36. The minimum atomic E-state index is -0.334.